The van der Waals surface area contributed by atoms with Gasteiger partial charge >= 0.3 is 0 Å². The van der Waals surface area contributed by atoms with Gasteiger partial charge in [-0.15, -0.1) is 11.6 Å². The first-order valence-corrected chi connectivity index (χ1v) is 12.0. The molecule has 7 nitrogen and oxygen atoms in total. The zero-order valence-electron chi connectivity index (χ0n) is 18.9. The molecule has 1 aromatic rings. The third-order valence-electron chi connectivity index (χ3n) is 7.32. The number of piperidine rings is 1. The van der Waals surface area contributed by atoms with Gasteiger partial charge in [0, 0.05) is 30.4 Å². The molecule has 6 atom stereocenters. The molecule has 1 saturated carbocycles. The number of rotatable bonds is 7. The van der Waals surface area contributed by atoms with Crippen molar-refractivity contribution in [1.82, 2.24) is 10.2 Å². The molecule has 3 aliphatic rings. The van der Waals surface area contributed by atoms with Crippen molar-refractivity contribution >= 4 is 23.2 Å². The average molecular weight is 461 g/mol. The number of likely N-dealkylation sites (tertiary alicyclic amines) is 1. The van der Waals surface area contributed by atoms with Crippen LogP contribution in [-0.2, 0) is 9.53 Å². The Morgan fingerprint density at radius 2 is 2.19 bits per heavy atom. The van der Waals surface area contributed by atoms with Gasteiger partial charge in [-0.2, -0.15) is 5.26 Å². The quantitative estimate of drug-likeness (QED) is 0.608. The van der Waals surface area contributed by atoms with Crippen LogP contribution in [0, 0.1) is 23.2 Å². The molecule has 2 aliphatic heterocycles. The molecule has 32 heavy (non-hydrogen) atoms. The number of hydrogen-bond donors (Lipinski definition) is 2. The predicted molar refractivity (Wildman–Crippen MR) is 124 cm³/mol. The first kappa shape index (κ1) is 23.2. The maximum Gasteiger partial charge on any atom is 0.225 e. The minimum absolute atomic E-state index is 0.00648. The minimum atomic E-state index is -0.119. The van der Waals surface area contributed by atoms with E-state index in [4.69, 9.17) is 26.3 Å². The molecule has 1 aromatic carbocycles. The number of fused-ring (bicyclic) bond motifs is 1. The van der Waals surface area contributed by atoms with Gasteiger partial charge in [-0.3, -0.25) is 4.79 Å². The van der Waals surface area contributed by atoms with Crippen LogP contribution in [0.5, 0.6) is 5.75 Å². The molecule has 8 heteroatoms. The highest BCUT2D eigenvalue weighted by atomic mass is 35.5. The number of methoxy groups -OCH3 is 1. The number of benzene rings is 1. The van der Waals surface area contributed by atoms with Crippen molar-refractivity contribution in [3.05, 3.63) is 23.8 Å². The van der Waals surface area contributed by atoms with Crippen molar-refractivity contribution in [2.75, 3.05) is 39.2 Å². The summed E-state index contributed by atoms with van der Waals surface area (Å²) in [5.74, 6) is 0.859. The van der Waals surface area contributed by atoms with Crippen LogP contribution in [-0.4, -0.2) is 68.2 Å². The molecule has 1 aliphatic carbocycles. The van der Waals surface area contributed by atoms with E-state index in [9.17, 15) is 4.79 Å². The van der Waals surface area contributed by atoms with Gasteiger partial charge in [-0.1, -0.05) is 0 Å². The lowest BCUT2D eigenvalue weighted by Crippen LogP contribution is -2.56. The Kier molecular flexibility index (Phi) is 7.44. The number of alkyl halides is 1. The van der Waals surface area contributed by atoms with Crippen LogP contribution in [0.2, 0.25) is 0 Å². The van der Waals surface area contributed by atoms with E-state index >= 15 is 0 Å². The molecule has 2 N–H and O–H groups in total. The number of nitriles is 1. The molecule has 2 heterocycles. The zero-order chi connectivity index (χ0) is 22.7. The van der Waals surface area contributed by atoms with Crippen molar-refractivity contribution < 1.29 is 14.3 Å². The lowest BCUT2D eigenvalue weighted by molar-refractivity contribution is -0.130. The number of amides is 1. The van der Waals surface area contributed by atoms with E-state index < -0.39 is 0 Å². The van der Waals surface area contributed by atoms with Crippen LogP contribution in [0.3, 0.4) is 0 Å². The number of carbonyl (C=O) groups excluding carboxylic acids is 1. The van der Waals surface area contributed by atoms with Crippen LogP contribution in [0.4, 0.5) is 5.69 Å². The fourth-order valence-corrected chi connectivity index (χ4v) is 5.72. The summed E-state index contributed by atoms with van der Waals surface area (Å²) in [6.07, 6.45) is 4.86. The predicted octanol–water partition coefficient (Wildman–Crippen LogP) is 2.98. The number of hydrogen-bond acceptors (Lipinski definition) is 6. The molecule has 0 spiro atoms. The molecule has 174 valence electrons. The second-order valence-corrected chi connectivity index (χ2v) is 9.91. The molecule has 3 fully saturated rings. The van der Waals surface area contributed by atoms with Crippen LogP contribution in [0.1, 0.15) is 37.7 Å². The summed E-state index contributed by atoms with van der Waals surface area (Å²) in [4.78, 5) is 15.2. The third kappa shape index (κ3) is 5.14. The zero-order valence-corrected chi connectivity index (χ0v) is 19.6. The van der Waals surface area contributed by atoms with Crippen LogP contribution < -0.4 is 15.4 Å². The molecule has 0 radical (unpaired) electrons. The Bertz CT molecular complexity index is 860. The molecular formula is C24H33ClN4O3. The second kappa shape index (κ2) is 10.3. The van der Waals surface area contributed by atoms with E-state index in [1.54, 1.807) is 19.2 Å². The Labute approximate surface area is 195 Å². The van der Waals surface area contributed by atoms with E-state index in [1.807, 2.05) is 6.07 Å². The molecule has 0 bridgehead atoms. The summed E-state index contributed by atoms with van der Waals surface area (Å²) < 4.78 is 11.5. The van der Waals surface area contributed by atoms with Gasteiger partial charge in [0.25, 0.3) is 0 Å². The molecule has 1 amide bonds. The maximum absolute atomic E-state index is 12.8. The first-order chi connectivity index (χ1) is 15.5. The van der Waals surface area contributed by atoms with Gasteiger partial charge in [0.05, 0.1) is 36.7 Å². The molecule has 0 aromatic heterocycles. The summed E-state index contributed by atoms with van der Waals surface area (Å²) in [7, 11) is 3.70. The molecule has 5 unspecified atom stereocenters. The summed E-state index contributed by atoms with van der Waals surface area (Å²) in [5.41, 5.74) is 1.32. The highest BCUT2D eigenvalue weighted by Crippen LogP contribution is 2.37. The first-order valence-electron chi connectivity index (χ1n) is 11.6. The highest BCUT2D eigenvalue weighted by molar-refractivity contribution is 6.21. The summed E-state index contributed by atoms with van der Waals surface area (Å²) in [5, 5.41) is 15.7. The van der Waals surface area contributed by atoms with Crippen LogP contribution in [0.25, 0.3) is 0 Å². The normalized spacial score (nSPS) is 32.6. The van der Waals surface area contributed by atoms with Gasteiger partial charge in [0.1, 0.15) is 11.8 Å². The number of ether oxygens (including phenoxy) is 2. The second-order valence-electron chi connectivity index (χ2n) is 9.35. The van der Waals surface area contributed by atoms with E-state index in [0.29, 0.717) is 29.8 Å². The monoisotopic (exact) mass is 460 g/mol. The Morgan fingerprint density at radius 3 is 2.91 bits per heavy atom. The summed E-state index contributed by atoms with van der Waals surface area (Å²) >= 11 is 6.74. The lowest BCUT2D eigenvalue weighted by Gasteiger charge is -2.44. The number of carbonyl (C=O) groups is 1. The fourth-order valence-electron chi connectivity index (χ4n) is 5.31. The number of nitrogens with zero attached hydrogens (tertiary/aromatic N) is 2. The van der Waals surface area contributed by atoms with Gasteiger partial charge in [0.2, 0.25) is 5.91 Å². The number of likely N-dealkylation sites (N-methyl/N-ethyl adjacent to an activating group) is 1. The van der Waals surface area contributed by atoms with Crippen molar-refractivity contribution in [2.45, 2.75) is 55.7 Å². The molecule has 2 saturated heterocycles. The SMILES string of the molecule is COc1cc(NCC2CC3CC(Cl)C(OC[C@@H]4CCCN4C)CC3NC2=O)ccc1C#N. The Morgan fingerprint density at radius 1 is 1.34 bits per heavy atom. The number of halogens is 1. The van der Waals surface area contributed by atoms with Gasteiger partial charge < -0.3 is 25.0 Å². The number of nitrogens with one attached hydrogen (secondary N) is 2. The third-order valence-corrected chi connectivity index (χ3v) is 7.78. The Hall–Kier alpha value is -2.01. The minimum Gasteiger partial charge on any atom is -0.495 e. The molecular weight excluding hydrogens is 428 g/mol. The number of anilines is 1. The maximum atomic E-state index is 12.8. The van der Waals surface area contributed by atoms with Crippen molar-refractivity contribution in [2.24, 2.45) is 11.8 Å². The van der Waals surface area contributed by atoms with Gasteiger partial charge in [-0.05, 0) is 63.7 Å². The highest BCUT2D eigenvalue weighted by Gasteiger charge is 2.43. The van der Waals surface area contributed by atoms with E-state index in [-0.39, 0.29) is 29.3 Å². The van der Waals surface area contributed by atoms with Crippen molar-refractivity contribution in [1.29, 1.82) is 5.26 Å². The van der Waals surface area contributed by atoms with Gasteiger partial charge in [0.15, 0.2) is 0 Å². The Balaban J connectivity index is 1.30. The molecule has 4 rings (SSSR count). The summed E-state index contributed by atoms with van der Waals surface area (Å²) in [6.45, 7) is 2.38. The van der Waals surface area contributed by atoms with E-state index in [1.165, 1.54) is 12.8 Å². The van der Waals surface area contributed by atoms with Crippen molar-refractivity contribution in [3.63, 3.8) is 0 Å². The van der Waals surface area contributed by atoms with E-state index in [2.05, 4.69) is 28.7 Å². The lowest BCUT2D eigenvalue weighted by atomic mass is 9.74. The fraction of sp³-hybridized carbons (Fsp3) is 0.667. The average Bonchev–Trinajstić information content (AvgIpc) is 3.21. The topological polar surface area (TPSA) is 86.6 Å². The standard InChI is InChI=1S/C24H33ClN4O3/c1-29-7-3-4-19(29)14-32-23-11-21-16(9-20(23)25)8-17(24(30)28-21)13-27-18-6-5-15(12-26)22(10-18)31-2/h5-6,10,16-17,19-21,23,27H,3-4,7-9,11,13-14H2,1-2H3,(H,28,30)/t16?,17?,19-,20?,21?,23?/m0/s1. The van der Waals surface area contributed by atoms with E-state index in [0.717, 1.165) is 38.1 Å². The summed E-state index contributed by atoms with van der Waals surface area (Å²) in [6, 6.07) is 8.08. The van der Waals surface area contributed by atoms with Crippen LogP contribution in [0.15, 0.2) is 18.2 Å². The van der Waals surface area contributed by atoms with Gasteiger partial charge in [-0.25, -0.2) is 0 Å². The smallest absolute Gasteiger partial charge is 0.225 e. The largest absolute Gasteiger partial charge is 0.495 e. The van der Waals surface area contributed by atoms with Crippen LogP contribution >= 0.6 is 11.6 Å². The van der Waals surface area contributed by atoms with Crippen molar-refractivity contribution in [3.8, 4) is 11.8 Å².